The Balaban J connectivity index is 0.000000850. The number of aromatic nitrogens is 1. The quantitative estimate of drug-likeness (QED) is 0.195. The number of nitrogens with one attached hydrogen (secondary N) is 1. The van der Waals surface area contributed by atoms with Gasteiger partial charge in [0.1, 0.15) is 0 Å². The Labute approximate surface area is 221 Å². The van der Waals surface area contributed by atoms with Gasteiger partial charge in [0.2, 0.25) is 0 Å². The average Bonchev–Trinajstić information content (AvgIpc) is 2.89. The normalized spacial score (nSPS) is 10.0. The van der Waals surface area contributed by atoms with Crippen LogP contribution < -0.4 is 16.0 Å². The second-order valence-corrected chi connectivity index (χ2v) is 8.84. The van der Waals surface area contributed by atoms with E-state index in [0.29, 0.717) is 11.6 Å². The van der Waals surface area contributed by atoms with E-state index in [9.17, 15) is 0 Å². The van der Waals surface area contributed by atoms with Crippen LogP contribution in [0.15, 0.2) is 89.9 Å². The maximum atomic E-state index is 6.78. The van der Waals surface area contributed by atoms with E-state index < -0.39 is 0 Å². The van der Waals surface area contributed by atoms with E-state index in [1.807, 2.05) is 24.3 Å². The molecule has 4 aromatic rings. The Kier molecular flexibility index (Phi) is 11.6. The van der Waals surface area contributed by atoms with E-state index >= 15 is 0 Å². The lowest BCUT2D eigenvalue weighted by atomic mass is 10.1. The van der Waals surface area contributed by atoms with Gasteiger partial charge in [0.05, 0.1) is 22.1 Å². The number of benzene rings is 3. The van der Waals surface area contributed by atoms with E-state index in [1.165, 1.54) is 11.1 Å². The summed E-state index contributed by atoms with van der Waals surface area (Å²) in [5.41, 5.74) is 11.9. The molecule has 0 aliphatic heterocycles. The molecule has 6 heteroatoms. The topological polar surface area (TPSA) is 66.5 Å². The Morgan fingerprint density at radius 3 is 1.92 bits per heavy atom. The van der Waals surface area contributed by atoms with Gasteiger partial charge in [0.15, 0.2) is 5.82 Å². The van der Waals surface area contributed by atoms with Gasteiger partial charge >= 0.3 is 0 Å². The van der Waals surface area contributed by atoms with Crippen LogP contribution in [0.25, 0.3) is 10.9 Å². The van der Waals surface area contributed by atoms with E-state index in [4.69, 9.17) is 10.7 Å². The van der Waals surface area contributed by atoms with Crippen LogP contribution in [0.2, 0.25) is 0 Å². The van der Waals surface area contributed by atoms with E-state index in [1.54, 1.807) is 7.05 Å². The summed E-state index contributed by atoms with van der Waals surface area (Å²) in [4.78, 5) is 10.6. The summed E-state index contributed by atoms with van der Waals surface area (Å²) < 4.78 is 0. The fraction of sp³-hybridized carbons (Fsp3) is 0.267. The van der Waals surface area contributed by atoms with E-state index in [2.05, 4.69) is 107 Å². The molecule has 0 unspecified atom stereocenters. The number of anilines is 3. The van der Waals surface area contributed by atoms with Crippen LogP contribution in [0.4, 0.5) is 17.2 Å². The highest BCUT2D eigenvalue weighted by atomic mass is 32.1. The number of isothiocyanates is 1. The van der Waals surface area contributed by atoms with Crippen molar-refractivity contribution in [2.75, 3.05) is 29.5 Å². The molecule has 0 amide bonds. The first-order valence-corrected chi connectivity index (χ1v) is 12.1. The maximum Gasteiger partial charge on any atom is 0.155 e. The minimum Gasteiger partial charge on any atom is -0.394 e. The zero-order valence-electron chi connectivity index (χ0n) is 20.6. The van der Waals surface area contributed by atoms with Crippen molar-refractivity contribution in [2.45, 2.75) is 34.4 Å². The number of fused-ring (bicyclic) bond motifs is 1. The van der Waals surface area contributed by atoms with Crippen molar-refractivity contribution < 1.29 is 0 Å². The Morgan fingerprint density at radius 2 is 1.42 bits per heavy atom. The van der Waals surface area contributed by atoms with Gasteiger partial charge in [-0.3, -0.25) is 0 Å². The van der Waals surface area contributed by atoms with Crippen molar-refractivity contribution in [3.8, 4) is 0 Å². The van der Waals surface area contributed by atoms with Gasteiger partial charge in [0.25, 0.3) is 0 Å². The van der Waals surface area contributed by atoms with Crippen LogP contribution in [0.3, 0.4) is 0 Å². The third-order valence-corrected chi connectivity index (χ3v) is 5.60. The second-order valence-electron chi connectivity index (χ2n) is 8.66. The number of nitrogen functional groups attached to an aromatic ring is 1. The average molecular weight is 500 g/mol. The molecule has 5 nitrogen and oxygen atoms in total. The fourth-order valence-electron chi connectivity index (χ4n) is 3.76. The van der Waals surface area contributed by atoms with Crippen LogP contribution in [0.1, 0.15) is 32.4 Å². The molecule has 188 valence electrons. The number of nitrogens with two attached hydrogens (primary N) is 1. The first-order chi connectivity index (χ1) is 17.0. The van der Waals surface area contributed by atoms with E-state index in [-0.39, 0.29) is 7.43 Å². The van der Waals surface area contributed by atoms with Gasteiger partial charge < -0.3 is 16.0 Å². The number of rotatable bonds is 8. The number of thiocarbonyl (C=S) groups is 1. The summed E-state index contributed by atoms with van der Waals surface area (Å²) in [5, 5.41) is 6.78. The highest BCUT2D eigenvalue weighted by molar-refractivity contribution is 7.78. The Bertz CT molecular complexity index is 1210. The molecule has 3 N–H and O–H groups in total. The van der Waals surface area contributed by atoms with Crippen molar-refractivity contribution >= 4 is 45.5 Å². The van der Waals surface area contributed by atoms with Gasteiger partial charge in [0, 0.05) is 32.1 Å². The monoisotopic (exact) mass is 499 g/mol. The predicted molar refractivity (Wildman–Crippen MR) is 160 cm³/mol. The van der Waals surface area contributed by atoms with Crippen LogP contribution in [0.5, 0.6) is 0 Å². The molecular weight excluding hydrogens is 462 g/mol. The lowest BCUT2D eigenvalue weighted by molar-refractivity contribution is 0.689. The molecule has 0 saturated heterocycles. The zero-order chi connectivity index (χ0) is 25.0. The van der Waals surface area contributed by atoms with Crippen LogP contribution >= 0.6 is 12.2 Å². The first kappa shape index (κ1) is 28.5. The van der Waals surface area contributed by atoms with Crippen molar-refractivity contribution in [3.63, 3.8) is 0 Å². The molecule has 4 rings (SSSR count). The molecule has 0 aliphatic carbocycles. The number of hydrogen-bond donors (Lipinski definition) is 2. The number of aliphatic imine (C=N–C) groups is 1. The van der Waals surface area contributed by atoms with Gasteiger partial charge in [-0.25, -0.2) is 9.98 Å². The van der Waals surface area contributed by atoms with Crippen molar-refractivity contribution in [3.05, 3.63) is 96.1 Å². The second kappa shape index (κ2) is 14.6. The zero-order valence-corrected chi connectivity index (χ0v) is 21.4. The van der Waals surface area contributed by atoms with Gasteiger partial charge in [-0.2, -0.15) is 0 Å². The third-order valence-electron chi connectivity index (χ3n) is 5.42. The molecule has 0 bridgehead atoms. The predicted octanol–water partition coefficient (Wildman–Crippen LogP) is 7.45. The minimum absolute atomic E-state index is 0. The lowest BCUT2D eigenvalue weighted by Crippen LogP contribution is -2.25. The fourth-order valence-corrected chi connectivity index (χ4v) is 3.76. The summed E-state index contributed by atoms with van der Waals surface area (Å²) in [6.45, 7) is 6.72. The molecule has 0 atom stereocenters. The van der Waals surface area contributed by atoms with Crippen LogP contribution in [0, 0.1) is 5.92 Å². The van der Waals surface area contributed by atoms with Crippen molar-refractivity contribution in [2.24, 2.45) is 10.9 Å². The van der Waals surface area contributed by atoms with Gasteiger partial charge in [-0.15, -0.1) is 0 Å². The summed E-state index contributed by atoms with van der Waals surface area (Å²) in [7, 11) is 1.59. The Morgan fingerprint density at radius 1 is 0.917 bits per heavy atom. The van der Waals surface area contributed by atoms with Gasteiger partial charge in [-0.1, -0.05) is 100 Å². The van der Waals surface area contributed by atoms with Gasteiger partial charge in [-0.05, 0) is 35.3 Å². The SMILES string of the molecule is C.CC(C)CNc1c(N)c(N(Cc2ccccc2)Cc2ccccc2)nc2ccccc12.CN=C=S. The first-order valence-electron chi connectivity index (χ1n) is 11.7. The molecule has 0 aliphatic rings. The highest BCUT2D eigenvalue weighted by Crippen LogP contribution is 2.37. The molecular formula is C30H37N5S. The molecule has 36 heavy (non-hydrogen) atoms. The molecule has 1 heterocycles. The maximum absolute atomic E-state index is 6.78. The largest absolute Gasteiger partial charge is 0.394 e. The number of para-hydroxylation sites is 1. The summed E-state index contributed by atoms with van der Waals surface area (Å²) >= 11 is 4.14. The van der Waals surface area contributed by atoms with Crippen LogP contribution in [-0.4, -0.2) is 23.7 Å². The lowest BCUT2D eigenvalue weighted by Gasteiger charge is -2.27. The third kappa shape index (κ3) is 7.91. The smallest absolute Gasteiger partial charge is 0.155 e. The van der Waals surface area contributed by atoms with Crippen molar-refractivity contribution in [1.82, 2.24) is 4.98 Å². The number of pyridine rings is 1. The number of hydrogen-bond acceptors (Lipinski definition) is 6. The molecule has 0 spiro atoms. The molecule has 0 saturated carbocycles. The number of nitrogens with zero attached hydrogens (tertiary/aromatic N) is 3. The molecule has 0 fully saturated rings. The summed E-state index contributed by atoms with van der Waals surface area (Å²) in [5.74, 6) is 1.33. The Hall–Kier alpha value is -3.73. The molecule has 3 aromatic carbocycles. The summed E-state index contributed by atoms with van der Waals surface area (Å²) in [6.07, 6.45) is 0. The summed E-state index contributed by atoms with van der Waals surface area (Å²) in [6, 6.07) is 29.2. The van der Waals surface area contributed by atoms with Crippen LogP contribution in [-0.2, 0) is 13.1 Å². The molecule has 0 radical (unpaired) electrons. The molecule has 1 aromatic heterocycles. The minimum atomic E-state index is 0. The highest BCUT2D eigenvalue weighted by Gasteiger charge is 2.19. The standard InChI is InChI=1S/C27H30N4.C2H3NS.CH4/c1-20(2)17-29-26-23-15-9-10-16-24(23)30-27(25(26)28)31(18-21-11-5-3-6-12-21)19-22-13-7-4-8-14-22;1-3-2-4;/h3-16,20H,17-19,28H2,1-2H3,(H,29,30);1H3;1H4. The van der Waals surface area contributed by atoms with Crippen molar-refractivity contribution in [1.29, 1.82) is 0 Å². The van der Waals surface area contributed by atoms with E-state index in [0.717, 1.165) is 42.0 Å².